The first-order valence-corrected chi connectivity index (χ1v) is 10.4. The van der Waals surface area contributed by atoms with E-state index in [0.717, 1.165) is 51.8 Å². The molecule has 1 heterocycles. The molecule has 2 aromatic carbocycles. The molecule has 3 aromatic rings. The highest BCUT2D eigenvalue weighted by molar-refractivity contribution is 6.06. The van der Waals surface area contributed by atoms with Gasteiger partial charge in [-0.2, -0.15) is 0 Å². The molecule has 0 aliphatic heterocycles. The molecule has 0 aliphatic carbocycles. The van der Waals surface area contributed by atoms with Gasteiger partial charge in [-0.15, -0.1) is 0 Å². The molecule has 0 aliphatic rings. The Bertz CT molecular complexity index is 1070. The molecule has 5 heteroatoms. The quantitative estimate of drug-likeness (QED) is 0.552. The Morgan fingerprint density at radius 1 is 1.00 bits per heavy atom. The van der Waals surface area contributed by atoms with Crippen molar-refractivity contribution in [2.45, 2.75) is 47.0 Å². The van der Waals surface area contributed by atoms with Crippen molar-refractivity contribution in [1.29, 1.82) is 0 Å². The second-order valence-corrected chi connectivity index (χ2v) is 7.42. The number of carbonyl (C=O) groups excluding carboxylic acids is 2. The highest BCUT2D eigenvalue weighted by Gasteiger charge is 2.21. The summed E-state index contributed by atoms with van der Waals surface area (Å²) in [4.78, 5) is 30.3. The Labute approximate surface area is 177 Å². The van der Waals surface area contributed by atoms with Crippen molar-refractivity contribution >= 4 is 28.5 Å². The first kappa shape index (κ1) is 21.5. The number of ether oxygens (including phenoxy) is 1. The fraction of sp³-hybridized carbons (Fsp3) is 0.320. The van der Waals surface area contributed by atoms with Crippen LogP contribution in [0.5, 0.6) is 0 Å². The van der Waals surface area contributed by atoms with Crippen molar-refractivity contribution in [1.82, 2.24) is 4.98 Å². The Morgan fingerprint density at radius 2 is 1.70 bits per heavy atom. The second-order valence-electron chi connectivity index (χ2n) is 7.42. The molecule has 156 valence electrons. The van der Waals surface area contributed by atoms with Gasteiger partial charge in [0.05, 0.1) is 11.1 Å². The number of benzene rings is 2. The lowest BCUT2D eigenvalue weighted by Crippen LogP contribution is -2.23. The zero-order chi connectivity index (χ0) is 21.7. The summed E-state index contributed by atoms with van der Waals surface area (Å²) in [6, 6.07) is 13.4. The summed E-state index contributed by atoms with van der Waals surface area (Å²) in [5, 5.41) is 3.61. The van der Waals surface area contributed by atoms with E-state index in [1.54, 1.807) is 0 Å². The van der Waals surface area contributed by atoms with Crippen molar-refractivity contribution < 1.29 is 14.3 Å². The highest BCUT2D eigenvalue weighted by atomic mass is 16.5. The maximum absolute atomic E-state index is 13.1. The van der Waals surface area contributed by atoms with E-state index in [1.807, 2.05) is 63.2 Å². The van der Waals surface area contributed by atoms with Crippen LogP contribution in [0.3, 0.4) is 0 Å². The number of hydrogen-bond acceptors (Lipinski definition) is 4. The molecular weight excluding hydrogens is 376 g/mol. The van der Waals surface area contributed by atoms with E-state index in [2.05, 4.69) is 12.2 Å². The smallest absolute Gasteiger partial charge is 0.339 e. The van der Waals surface area contributed by atoms with E-state index in [0.29, 0.717) is 12.0 Å². The number of para-hydroxylation sites is 2. The molecule has 0 bridgehead atoms. The van der Waals surface area contributed by atoms with Gasteiger partial charge in [0, 0.05) is 16.8 Å². The molecule has 30 heavy (non-hydrogen) atoms. The maximum Gasteiger partial charge on any atom is 0.339 e. The van der Waals surface area contributed by atoms with Crippen LogP contribution >= 0.6 is 0 Å². The predicted octanol–water partition coefficient (Wildman–Crippen LogP) is 5.16. The van der Waals surface area contributed by atoms with E-state index in [-0.39, 0.29) is 12.5 Å². The average Bonchev–Trinajstić information content (AvgIpc) is 2.74. The third-order valence-electron chi connectivity index (χ3n) is 5.20. The number of nitrogens with zero attached hydrogens (tertiary/aromatic N) is 1. The first-order valence-electron chi connectivity index (χ1n) is 10.4. The normalized spacial score (nSPS) is 10.8. The van der Waals surface area contributed by atoms with E-state index in [1.165, 1.54) is 0 Å². The number of pyridine rings is 1. The van der Waals surface area contributed by atoms with E-state index in [4.69, 9.17) is 9.72 Å². The molecule has 0 fully saturated rings. The number of esters is 1. The van der Waals surface area contributed by atoms with Crippen LogP contribution in [0.4, 0.5) is 5.69 Å². The van der Waals surface area contributed by atoms with Crippen molar-refractivity contribution in [2.24, 2.45) is 0 Å². The molecule has 3 rings (SSSR count). The van der Waals surface area contributed by atoms with Crippen LogP contribution in [0.2, 0.25) is 0 Å². The minimum absolute atomic E-state index is 0.338. The fourth-order valence-corrected chi connectivity index (χ4v) is 3.75. The summed E-state index contributed by atoms with van der Waals surface area (Å²) < 4.78 is 5.45. The number of anilines is 1. The fourth-order valence-electron chi connectivity index (χ4n) is 3.75. The number of amides is 1. The van der Waals surface area contributed by atoms with E-state index < -0.39 is 5.97 Å². The summed E-state index contributed by atoms with van der Waals surface area (Å²) >= 11 is 0. The summed E-state index contributed by atoms with van der Waals surface area (Å²) in [6.07, 6.45) is 2.40. The van der Waals surface area contributed by atoms with Gasteiger partial charge in [-0.05, 0) is 49.4 Å². The van der Waals surface area contributed by atoms with Gasteiger partial charge in [-0.3, -0.25) is 9.78 Å². The SMILES string of the molecule is CCCc1nc2ccccc2c(C(=O)OCC(=O)Nc2c(C)cccc2C)c1CC. The molecule has 0 saturated carbocycles. The Hall–Kier alpha value is -3.21. The summed E-state index contributed by atoms with van der Waals surface area (Å²) in [5.41, 5.74) is 5.80. The largest absolute Gasteiger partial charge is 0.452 e. The Balaban J connectivity index is 1.85. The number of fused-ring (bicyclic) bond motifs is 1. The Kier molecular flexibility index (Phi) is 6.83. The topological polar surface area (TPSA) is 68.3 Å². The van der Waals surface area contributed by atoms with Crippen molar-refractivity contribution in [2.75, 3.05) is 11.9 Å². The standard InChI is InChI=1S/C25H28N2O3/c1-5-10-20-18(6-2)23(19-13-7-8-14-21(19)26-20)25(29)30-15-22(28)27-24-16(3)11-9-12-17(24)4/h7-9,11-14H,5-6,10,15H2,1-4H3,(H,27,28). The van der Waals surface area contributed by atoms with Crippen LogP contribution in [-0.2, 0) is 22.4 Å². The third-order valence-corrected chi connectivity index (χ3v) is 5.20. The maximum atomic E-state index is 13.1. The number of aromatic nitrogens is 1. The monoisotopic (exact) mass is 404 g/mol. The number of aryl methyl sites for hydroxylation is 3. The summed E-state index contributed by atoms with van der Waals surface area (Å²) in [6.45, 7) is 7.62. The number of nitrogens with one attached hydrogen (secondary N) is 1. The minimum atomic E-state index is -0.487. The van der Waals surface area contributed by atoms with E-state index >= 15 is 0 Å². The minimum Gasteiger partial charge on any atom is -0.452 e. The van der Waals surface area contributed by atoms with Gasteiger partial charge in [0.25, 0.3) is 5.91 Å². The lowest BCUT2D eigenvalue weighted by molar-refractivity contribution is -0.119. The van der Waals surface area contributed by atoms with Crippen LogP contribution in [0.15, 0.2) is 42.5 Å². The molecule has 5 nitrogen and oxygen atoms in total. The third kappa shape index (κ3) is 4.51. The van der Waals surface area contributed by atoms with Crippen molar-refractivity contribution in [3.8, 4) is 0 Å². The van der Waals surface area contributed by atoms with Gasteiger partial charge in [-0.25, -0.2) is 4.79 Å². The lowest BCUT2D eigenvalue weighted by atomic mass is 9.96. The van der Waals surface area contributed by atoms with Gasteiger partial charge in [0.2, 0.25) is 0 Å². The molecule has 0 unspecified atom stereocenters. The van der Waals surface area contributed by atoms with Crippen LogP contribution in [0.25, 0.3) is 10.9 Å². The number of hydrogen-bond donors (Lipinski definition) is 1. The molecule has 0 atom stereocenters. The average molecular weight is 405 g/mol. The first-order chi connectivity index (χ1) is 14.5. The Morgan fingerprint density at radius 3 is 2.37 bits per heavy atom. The molecule has 1 aromatic heterocycles. The van der Waals surface area contributed by atoms with Crippen LogP contribution in [-0.4, -0.2) is 23.5 Å². The summed E-state index contributed by atoms with van der Waals surface area (Å²) in [7, 11) is 0. The predicted molar refractivity (Wildman–Crippen MR) is 120 cm³/mol. The van der Waals surface area contributed by atoms with Gasteiger partial charge in [0.15, 0.2) is 6.61 Å². The molecule has 0 spiro atoms. The molecule has 0 saturated heterocycles. The van der Waals surface area contributed by atoms with Crippen LogP contribution in [0.1, 0.15) is 53.0 Å². The second kappa shape index (κ2) is 9.53. The van der Waals surface area contributed by atoms with E-state index in [9.17, 15) is 9.59 Å². The zero-order valence-corrected chi connectivity index (χ0v) is 18.0. The zero-order valence-electron chi connectivity index (χ0n) is 18.0. The van der Waals surface area contributed by atoms with Gasteiger partial charge in [0.1, 0.15) is 0 Å². The summed E-state index contributed by atoms with van der Waals surface area (Å²) in [5.74, 6) is -0.842. The molecular formula is C25H28N2O3. The molecule has 1 amide bonds. The van der Waals surface area contributed by atoms with Crippen molar-refractivity contribution in [3.63, 3.8) is 0 Å². The van der Waals surface area contributed by atoms with Gasteiger partial charge in [-0.1, -0.05) is 56.7 Å². The molecule has 1 N–H and O–H groups in total. The van der Waals surface area contributed by atoms with Crippen LogP contribution in [0, 0.1) is 13.8 Å². The lowest BCUT2D eigenvalue weighted by Gasteiger charge is -2.16. The number of carbonyl (C=O) groups is 2. The van der Waals surface area contributed by atoms with Crippen molar-refractivity contribution in [3.05, 3.63) is 70.4 Å². The van der Waals surface area contributed by atoms with Gasteiger partial charge < -0.3 is 10.1 Å². The van der Waals surface area contributed by atoms with Crippen LogP contribution < -0.4 is 5.32 Å². The van der Waals surface area contributed by atoms with Gasteiger partial charge >= 0.3 is 5.97 Å². The number of rotatable bonds is 7. The highest BCUT2D eigenvalue weighted by Crippen LogP contribution is 2.26. The molecule has 0 radical (unpaired) electrons.